The van der Waals surface area contributed by atoms with Gasteiger partial charge < -0.3 is 10.1 Å². The molecule has 0 aliphatic heterocycles. The Labute approximate surface area is 153 Å². The maximum Gasteiger partial charge on any atom is 0.340 e. The number of aryl methyl sites for hydroxylation is 1. The molecule has 0 saturated heterocycles. The maximum absolute atomic E-state index is 11.9. The van der Waals surface area contributed by atoms with Crippen LogP contribution in [0.1, 0.15) is 35.5 Å². The molecule has 0 saturated carbocycles. The second-order valence-electron chi connectivity index (χ2n) is 5.43. The van der Waals surface area contributed by atoms with Gasteiger partial charge in [0.15, 0.2) is 0 Å². The SMILES string of the molecule is CC.COC(=O)c1ccncc1Nc1cnn(-c2cccc(C)c2)c1C. The van der Waals surface area contributed by atoms with Gasteiger partial charge in [-0.3, -0.25) is 4.98 Å². The Balaban J connectivity index is 0.00000117. The monoisotopic (exact) mass is 352 g/mol. The molecule has 6 nitrogen and oxygen atoms in total. The minimum absolute atomic E-state index is 0.413. The maximum atomic E-state index is 11.9. The molecule has 1 aromatic carbocycles. The van der Waals surface area contributed by atoms with E-state index >= 15 is 0 Å². The van der Waals surface area contributed by atoms with Gasteiger partial charge >= 0.3 is 5.97 Å². The number of benzene rings is 1. The van der Waals surface area contributed by atoms with E-state index < -0.39 is 5.97 Å². The van der Waals surface area contributed by atoms with Crippen LogP contribution in [0.4, 0.5) is 11.4 Å². The van der Waals surface area contributed by atoms with E-state index in [0.29, 0.717) is 11.3 Å². The van der Waals surface area contributed by atoms with Crippen LogP contribution in [-0.4, -0.2) is 27.8 Å². The summed E-state index contributed by atoms with van der Waals surface area (Å²) in [5.41, 5.74) is 4.89. The molecule has 0 unspecified atom stereocenters. The van der Waals surface area contributed by atoms with E-state index in [4.69, 9.17) is 4.74 Å². The molecule has 0 fully saturated rings. The molecule has 26 heavy (non-hydrogen) atoms. The summed E-state index contributed by atoms with van der Waals surface area (Å²) in [4.78, 5) is 15.9. The van der Waals surface area contributed by atoms with Crippen LogP contribution >= 0.6 is 0 Å². The first-order chi connectivity index (χ1) is 12.6. The Morgan fingerprint density at radius 2 is 1.88 bits per heavy atom. The second kappa shape index (κ2) is 8.80. The fourth-order valence-electron chi connectivity index (χ4n) is 2.48. The van der Waals surface area contributed by atoms with Crippen molar-refractivity contribution >= 4 is 17.3 Å². The fourth-order valence-corrected chi connectivity index (χ4v) is 2.48. The molecule has 2 heterocycles. The van der Waals surface area contributed by atoms with Gasteiger partial charge in [-0.15, -0.1) is 0 Å². The molecule has 0 aliphatic rings. The molecule has 1 N–H and O–H groups in total. The number of hydrogen-bond donors (Lipinski definition) is 1. The summed E-state index contributed by atoms with van der Waals surface area (Å²) in [5, 5.41) is 7.65. The first-order valence-corrected chi connectivity index (χ1v) is 8.51. The number of nitrogens with zero attached hydrogens (tertiary/aromatic N) is 3. The number of pyridine rings is 1. The van der Waals surface area contributed by atoms with Crippen LogP contribution in [-0.2, 0) is 4.74 Å². The number of carbonyl (C=O) groups excluding carboxylic acids is 1. The van der Waals surface area contributed by atoms with Crippen LogP contribution in [0, 0.1) is 13.8 Å². The molecule has 6 heteroatoms. The Kier molecular flexibility index (Phi) is 6.49. The predicted molar refractivity (Wildman–Crippen MR) is 103 cm³/mol. The Bertz CT molecular complexity index is 887. The van der Waals surface area contributed by atoms with Crippen molar-refractivity contribution in [2.45, 2.75) is 27.7 Å². The molecule has 3 rings (SSSR count). The van der Waals surface area contributed by atoms with E-state index in [2.05, 4.69) is 21.5 Å². The molecule has 0 aliphatic carbocycles. The summed E-state index contributed by atoms with van der Waals surface area (Å²) in [6.07, 6.45) is 4.88. The highest BCUT2D eigenvalue weighted by Crippen LogP contribution is 2.25. The van der Waals surface area contributed by atoms with Gasteiger partial charge in [0.05, 0.1) is 47.8 Å². The minimum Gasteiger partial charge on any atom is -0.465 e. The zero-order chi connectivity index (χ0) is 19.1. The van der Waals surface area contributed by atoms with Gasteiger partial charge in [-0.05, 0) is 37.6 Å². The van der Waals surface area contributed by atoms with Gasteiger partial charge in [0.1, 0.15) is 0 Å². The van der Waals surface area contributed by atoms with Crippen molar-refractivity contribution in [3.63, 3.8) is 0 Å². The Morgan fingerprint density at radius 1 is 1.12 bits per heavy atom. The average molecular weight is 352 g/mol. The third-order valence-electron chi connectivity index (χ3n) is 3.75. The normalized spacial score (nSPS) is 9.88. The Hall–Kier alpha value is -3.15. The lowest BCUT2D eigenvalue weighted by atomic mass is 10.2. The molecule has 0 amide bonds. The number of rotatable bonds is 4. The van der Waals surface area contributed by atoms with Crippen molar-refractivity contribution in [2.75, 3.05) is 12.4 Å². The lowest BCUT2D eigenvalue weighted by Gasteiger charge is -2.10. The van der Waals surface area contributed by atoms with Gasteiger partial charge in [-0.1, -0.05) is 26.0 Å². The zero-order valence-electron chi connectivity index (χ0n) is 15.8. The largest absolute Gasteiger partial charge is 0.465 e. The second-order valence-corrected chi connectivity index (χ2v) is 5.43. The summed E-state index contributed by atoms with van der Waals surface area (Å²) < 4.78 is 6.66. The van der Waals surface area contributed by atoms with Gasteiger partial charge in [0.25, 0.3) is 0 Å². The van der Waals surface area contributed by atoms with Gasteiger partial charge in [-0.25, -0.2) is 9.48 Å². The van der Waals surface area contributed by atoms with E-state index in [1.165, 1.54) is 7.11 Å². The topological polar surface area (TPSA) is 69.0 Å². The van der Waals surface area contributed by atoms with E-state index in [1.807, 2.05) is 50.6 Å². The van der Waals surface area contributed by atoms with Crippen molar-refractivity contribution in [1.82, 2.24) is 14.8 Å². The van der Waals surface area contributed by atoms with Crippen molar-refractivity contribution in [3.8, 4) is 5.69 Å². The standard InChI is InChI=1S/C18H18N4O2.C2H6/c1-12-5-4-6-14(9-12)22-13(2)16(11-20-22)21-17-10-19-8-7-15(17)18(23)24-3;1-2/h4-11,21H,1-3H3;1-2H3. The summed E-state index contributed by atoms with van der Waals surface area (Å²) in [6.45, 7) is 8.01. The van der Waals surface area contributed by atoms with Crippen LogP contribution < -0.4 is 5.32 Å². The zero-order valence-corrected chi connectivity index (χ0v) is 15.8. The molecule has 3 aromatic rings. The van der Waals surface area contributed by atoms with E-state index in [9.17, 15) is 4.79 Å². The number of esters is 1. The van der Waals surface area contributed by atoms with Crippen molar-refractivity contribution in [1.29, 1.82) is 0 Å². The molecular formula is C20H24N4O2. The molecule has 0 atom stereocenters. The number of ether oxygens (including phenoxy) is 1. The fraction of sp³-hybridized carbons (Fsp3) is 0.250. The van der Waals surface area contributed by atoms with E-state index in [0.717, 1.165) is 22.6 Å². The summed E-state index contributed by atoms with van der Waals surface area (Å²) >= 11 is 0. The molecular weight excluding hydrogens is 328 g/mol. The number of nitrogens with one attached hydrogen (secondary N) is 1. The van der Waals surface area contributed by atoms with Crippen LogP contribution in [0.5, 0.6) is 0 Å². The molecule has 0 bridgehead atoms. The molecule has 136 valence electrons. The lowest BCUT2D eigenvalue weighted by molar-refractivity contribution is 0.0602. The molecule has 0 radical (unpaired) electrons. The minimum atomic E-state index is -0.413. The van der Waals surface area contributed by atoms with Gasteiger partial charge in [0, 0.05) is 6.20 Å². The predicted octanol–water partition coefficient (Wildman–Crippen LogP) is 4.44. The average Bonchev–Trinajstić information content (AvgIpc) is 3.03. The van der Waals surface area contributed by atoms with Crippen molar-refractivity contribution < 1.29 is 9.53 Å². The highest BCUT2D eigenvalue weighted by molar-refractivity contribution is 5.96. The quantitative estimate of drug-likeness (QED) is 0.703. The number of aromatic nitrogens is 3. The smallest absolute Gasteiger partial charge is 0.340 e. The van der Waals surface area contributed by atoms with Crippen molar-refractivity contribution in [3.05, 3.63) is 65.7 Å². The van der Waals surface area contributed by atoms with Crippen molar-refractivity contribution in [2.24, 2.45) is 0 Å². The summed E-state index contributed by atoms with van der Waals surface area (Å²) in [5.74, 6) is -0.413. The van der Waals surface area contributed by atoms with Crippen LogP contribution in [0.15, 0.2) is 48.9 Å². The van der Waals surface area contributed by atoms with Crippen LogP contribution in [0.3, 0.4) is 0 Å². The number of hydrogen-bond acceptors (Lipinski definition) is 5. The molecule has 0 spiro atoms. The van der Waals surface area contributed by atoms with Gasteiger partial charge in [-0.2, -0.15) is 5.10 Å². The third kappa shape index (κ3) is 4.08. The van der Waals surface area contributed by atoms with Crippen LogP contribution in [0.2, 0.25) is 0 Å². The van der Waals surface area contributed by atoms with Gasteiger partial charge in [0.2, 0.25) is 0 Å². The summed E-state index contributed by atoms with van der Waals surface area (Å²) in [7, 11) is 1.35. The highest BCUT2D eigenvalue weighted by Gasteiger charge is 2.14. The van der Waals surface area contributed by atoms with Crippen LogP contribution in [0.25, 0.3) is 5.69 Å². The lowest BCUT2D eigenvalue weighted by Crippen LogP contribution is -2.06. The highest BCUT2D eigenvalue weighted by atomic mass is 16.5. The van der Waals surface area contributed by atoms with E-state index in [-0.39, 0.29) is 0 Å². The molecule has 2 aromatic heterocycles. The first kappa shape index (κ1) is 19.2. The number of methoxy groups -OCH3 is 1. The number of anilines is 2. The number of carbonyl (C=O) groups is 1. The first-order valence-electron chi connectivity index (χ1n) is 8.51. The summed E-state index contributed by atoms with van der Waals surface area (Å²) in [6, 6.07) is 9.72. The Morgan fingerprint density at radius 3 is 2.58 bits per heavy atom. The third-order valence-corrected chi connectivity index (χ3v) is 3.75. The van der Waals surface area contributed by atoms with E-state index in [1.54, 1.807) is 24.7 Å².